The summed E-state index contributed by atoms with van der Waals surface area (Å²) in [6, 6.07) is 0. The summed E-state index contributed by atoms with van der Waals surface area (Å²) in [5.74, 6) is 0.777. The summed E-state index contributed by atoms with van der Waals surface area (Å²) in [7, 11) is 0. The summed E-state index contributed by atoms with van der Waals surface area (Å²) in [5.41, 5.74) is 0.679. The van der Waals surface area contributed by atoms with Gasteiger partial charge in [0.2, 0.25) is 0 Å². The first-order valence-corrected chi connectivity index (χ1v) is 4.86. The summed E-state index contributed by atoms with van der Waals surface area (Å²) in [5, 5.41) is 4.14. The molecule has 1 aromatic heterocycles. The molecule has 1 aromatic rings. The normalized spacial score (nSPS) is 17.8. The van der Waals surface area contributed by atoms with Gasteiger partial charge in [-0.25, -0.2) is 0 Å². The van der Waals surface area contributed by atoms with Crippen molar-refractivity contribution in [3.63, 3.8) is 0 Å². The second-order valence-corrected chi connectivity index (χ2v) is 3.76. The van der Waals surface area contributed by atoms with Crippen molar-refractivity contribution in [2.24, 2.45) is 5.92 Å². The predicted octanol–water partition coefficient (Wildman–Crippen LogP) is 1.89. The molecule has 0 N–H and O–H groups in total. The zero-order chi connectivity index (χ0) is 9.10. The third-order valence-corrected chi connectivity index (χ3v) is 2.71. The van der Waals surface area contributed by atoms with Gasteiger partial charge >= 0.3 is 0 Å². The number of carbonyl (C=O) groups excluding carboxylic acids is 1. The number of carbonyl (C=O) groups is 1. The lowest BCUT2D eigenvalue weighted by Gasteiger charge is -2.07. The molecule has 1 aliphatic rings. The van der Waals surface area contributed by atoms with E-state index in [1.807, 2.05) is 10.9 Å². The van der Waals surface area contributed by atoms with Crippen molar-refractivity contribution in [3.8, 4) is 0 Å². The number of hydrogen-bond donors (Lipinski definition) is 0. The molecule has 1 aliphatic carbocycles. The Bertz CT molecular complexity index is 287. The molecule has 70 valence electrons. The number of aldehydes is 1. The van der Waals surface area contributed by atoms with Gasteiger partial charge in [0, 0.05) is 12.7 Å². The van der Waals surface area contributed by atoms with E-state index in [2.05, 4.69) is 5.10 Å². The van der Waals surface area contributed by atoms with Crippen molar-refractivity contribution in [2.45, 2.75) is 32.2 Å². The SMILES string of the molecule is O=Cc1cnn(CC2CCCC2)c1. The van der Waals surface area contributed by atoms with Crippen LogP contribution in [0.4, 0.5) is 0 Å². The minimum atomic E-state index is 0.679. The third kappa shape index (κ3) is 1.97. The highest BCUT2D eigenvalue weighted by molar-refractivity contribution is 5.73. The molecule has 0 spiro atoms. The van der Waals surface area contributed by atoms with E-state index in [9.17, 15) is 4.79 Å². The topological polar surface area (TPSA) is 34.9 Å². The van der Waals surface area contributed by atoms with Crippen LogP contribution >= 0.6 is 0 Å². The van der Waals surface area contributed by atoms with Crippen LogP contribution in [-0.4, -0.2) is 16.1 Å². The van der Waals surface area contributed by atoms with E-state index in [0.717, 1.165) is 18.7 Å². The van der Waals surface area contributed by atoms with E-state index in [1.54, 1.807) is 6.20 Å². The van der Waals surface area contributed by atoms with Gasteiger partial charge < -0.3 is 0 Å². The largest absolute Gasteiger partial charge is 0.298 e. The van der Waals surface area contributed by atoms with Gasteiger partial charge in [0.25, 0.3) is 0 Å². The molecular formula is C10H14N2O. The molecule has 0 atom stereocenters. The van der Waals surface area contributed by atoms with E-state index in [4.69, 9.17) is 0 Å². The van der Waals surface area contributed by atoms with Crippen LogP contribution in [0.3, 0.4) is 0 Å². The average Bonchev–Trinajstić information content (AvgIpc) is 2.76. The summed E-state index contributed by atoms with van der Waals surface area (Å²) in [4.78, 5) is 10.4. The van der Waals surface area contributed by atoms with Crippen LogP contribution in [0, 0.1) is 5.92 Å². The molecule has 1 heterocycles. The number of hydrogen-bond acceptors (Lipinski definition) is 2. The van der Waals surface area contributed by atoms with Gasteiger partial charge in [0.05, 0.1) is 11.8 Å². The van der Waals surface area contributed by atoms with E-state index >= 15 is 0 Å². The molecule has 2 rings (SSSR count). The Morgan fingerprint density at radius 1 is 1.54 bits per heavy atom. The molecule has 0 aromatic carbocycles. The van der Waals surface area contributed by atoms with Crippen molar-refractivity contribution in [2.75, 3.05) is 0 Å². The fourth-order valence-corrected chi connectivity index (χ4v) is 2.00. The van der Waals surface area contributed by atoms with Crippen LogP contribution in [0.5, 0.6) is 0 Å². The van der Waals surface area contributed by atoms with Crippen molar-refractivity contribution in [1.82, 2.24) is 9.78 Å². The molecule has 13 heavy (non-hydrogen) atoms. The minimum Gasteiger partial charge on any atom is -0.298 e. The lowest BCUT2D eigenvalue weighted by molar-refractivity contribution is 0.112. The summed E-state index contributed by atoms with van der Waals surface area (Å²) >= 11 is 0. The van der Waals surface area contributed by atoms with Gasteiger partial charge in [-0.15, -0.1) is 0 Å². The first-order chi connectivity index (χ1) is 6.38. The standard InChI is InChI=1S/C10H14N2O/c13-8-10-5-11-12(7-10)6-9-3-1-2-4-9/h5,7-9H,1-4,6H2. The van der Waals surface area contributed by atoms with Crippen LogP contribution in [-0.2, 0) is 6.54 Å². The Balaban J connectivity index is 1.96. The Morgan fingerprint density at radius 3 is 2.92 bits per heavy atom. The quantitative estimate of drug-likeness (QED) is 0.662. The molecule has 0 aliphatic heterocycles. The highest BCUT2D eigenvalue weighted by Crippen LogP contribution is 2.25. The Kier molecular flexibility index (Phi) is 2.43. The monoisotopic (exact) mass is 178 g/mol. The van der Waals surface area contributed by atoms with Crippen molar-refractivity contribution in [1.29, 1.82) is 0 Å². The smallest absolute Gasteiger partial charge is 0.153 e. The summed E-state index contributed by atoms with van der Waals surface area (Å²) in [6.07, 6.45) is 9.64. The maximum absolute atomic E-state index is 10.4. The Hall–Kier alpha value is -1.12. The average molecular weight is 178 g/mol. The first-order valence-electron chi connectivity index (χ1n) is 4.86. The van der Waals surface area contributed by atoms with E-state index in [0.29, 0.717) is 5.56 Å². The van der Waals surface area contributed by atoms with Gasteiger partial charge in [0.15, 0.2) is 6.29 Å². The van der Waals surface area contributed by atoms with E-state index in [1.165, 1.54) is 25.7 Å². The molecule has 3 nitrogen and oxygen atoms in total. The van der Waals surface area contributed by atoms with Gasteiger partial charge in [-0.1, -0.05) is 12.8 Å². The molecule has 0 saturated heterocycles. The lowest BCUT2D eigenvalue weighted by Crippen LogP contribution is -2.07. The molecule has 1 fully saturated rings. The maximum Gasteiger partial charge on any atom is 0.153 e. The van der Waals surface area contributed by atoms with Gasteiger partial charge in [-0.05, 0) is 18.8 Å². The van der Waals surface area contributed by atoms with Crippen molar-refractivity contribution < 1.29 is 4.79 Å². The highest BCUT2D eigenvalue weighted by atomic mass is 16.1. The number of aromatic nitrogens is 2. The molecular weight excluding hydrogens is 164 g/mol. The van der Waals surface area contributed by atoms with Gasteiger partial charge in [-0.3, -0.25) is 9.48 Å². The third-order valence-electron chi connectivity index (χ3n) is 2.71. The first kappa shape index (κ1) is 8.48. The zero-order valence-corrected chi connectivity index (χ0v) is 7.65. The molecule has 0 amide bonds. The summed E-state index contributed by atoms with van der Waals surface area (Å²) in [6.45, 7) is 0.980. The minimum absolute atomic E-state index is 0.679. The fraction of sp³-hybridized carbons (Fsp3) is 0.600. The molecule has 3 heteroatoms. The second kappa shape index (κ2) is 3.73. The molecule has 1 saturated carbocycles. The highest BCUT2D eigenvalue weighted by Gasteiger charge is 2.15. The van der Waals surface area contributed by atoms with Crippen molar-refractivity contribution in [3.05, 3.63) is 18.0 Å². The second-order valence-electron chi connectivity index (χ2n) is 3.76. The predicted molar refractivity (Wildman–Crippen MR) is 49.6 cm³/mol. The van der Waals surface area contributed by atoms with Crippen LogP contribution in [0.25, 0.3) is 0 Å². The van der Waals surface area contributed by atoms with Crippen LogP contribution < -0.4 is 0 Å². The van der Waals surface area contributed by atoms with E-state index < -0.39 is 0 Å². The van der Waals surface area contributed by atoms with Crippen LogP contribution in [0.1, 0.15) is 36.0 Å². The van der Waals surface area contributed by atoms with Crippen LogP contribution in [0.2, 0.25) is 0 Å². The van der Waals surface area contributed by atoms with Crippen LogP contribution in [0.15, 0.2) is 12.4 Å². The lowest BCUT2D eigenvalue weighted by atomic mass is 10.1. The Morgan fingerprint density at radius 2 is 2.31 bits per heavy atom. The molecule has 0 radical (unpaired) electrons. The molecule has 0 bridgehead atoms. The van der Waals surface area contributed by atoms with E-state index in [-0.39, 0.29) is 0 Å². The number of rotatable bonds is 3. The van der Waals surface area contributed by atoms with Gasteiger partial charge in [0.1, 0.15) is 0 Å². The Labute approximate surface area is 77.7 Å². The maximum atomic E-state index is 10.4. The fourth-order valence-electron chi connectivity index (χ4n) is 2.00. The number of nitrogens with zero attached hydrogens (tertiary/aromatic N) is 2. The van der Waals surface area contributed by atoms with Crippen molar-refractivity contribution >= 4 is 6.29 Å². The zero-order valence-electron chi connectivity index (χ0n) is 7.65. The van der Waals surface area contributed by atoms with Gasteiger partial charge in [-0.2, -0.15) is 5.10 Å². The summed E-state index contributed by atoms with van der Waals surface area (Å²) < 4.78 is 1.89. The molecule has 0 unspecified atom stereocenters.